The van der Waals surface area contributed by atoms with E-state index in [-0.39, 0.29) is 0 Å². The highest BCUT2D eigenvalue weighted by Gasteiger charge is 2.34. The fourth-order valence-electron chi connectivity index (χ4n) is 3.82. The summed E-state index contributed by atoms with van der Waals surface area (Å²) < 4.78 is 0. The smallest absolute Gasteiger partial charge is 0.0100 e. The van der Waals surface area contributed by atoms with Crippen LogP contribution < -0.4 is 10.6 Å². The second kappa shape index (κ2) is 6.38. The molecule has 1 heterocycles. The minimum atomic E-state index is 0.464. The maximum absolute atomic E-state index is 3.92. The Labute approximate surface area is 113 Å². The first-order valence-electron chi connectivity index (χ1n) is 8.01. The Balaban J connectivity index is 1.81. The molecule has 0 amide bonds. The Kier molecular flexibility index (Phi) is 5.08. The van der Waals surface area contributed by atoms with Gasteiger partial charge in [0.15, 0.2) is 0 Å². The van der Waals surface area contributed by atoms with E-state index in [9.17, 15) is 0 Å². The Hall–Kier alpha value is -0.0800. The third-order valence-electron chi connectivity index (χ3n) is 5.01. The zero-order valence-electron chi connectivity index (χ0n) is 12.6. The Bertz CT molecular complexity index is 238. The summed E-state index contributed by atoms with van der Waals surface area (Å²) >= 11 is 0. The molecule has 1 saturated carbocycles. The molecule has 2 heteroatoms. The first kappa shape index (κ1) is 14.3. The van der Waals surface area contributed by atoms with Crippen molar-refractivity contribution in [2.45, 2.75) is 65.3 Å². The highest BCUT2D eigenvalue weighted by molar-refractivity contribution is 4.88. The molecule has 2 atom stereocenters. The molecular weight excluding hydrogens is 220 g/mol. The minimum Gasteiger partial charge on any atom is -0.317 e. The SMILES string of the molecule is CC(C)(C)C1CCCCC1NCC1CCNCC1. The lowest BCUT2D eigenvalue weighted by atomic mass is 9.69. The molecule has 0 aromatic carbocycles. The van der Waals surface area contributed by atoms with Crippen molar-refractivity contribution in [3.05, 3.63) is 0 Å². The number of rotatable bonds is 3. The number of piperidine rings is 1. The van der Waals surface area contributed by atoms with Gasteiger partial charge in [-0.3, -0.25) is 0 Å². The van der Waals surface area contributed by atoms with Crippen molar-refractivity contribution in [3.8, 4) is 0 Å². The van der Waals surface area contributed by atoms with Gasteiger partial charge < -0.3 is 10.6 Å². The van der Waals surface area contributed by atoms with Gasteiger partial charge in [-0.1, -0.05) is 33.6 Å². The molecular formula is C16H32N2. The van der Waals surface area contributed by atoms with Crippen LogP contribution in [0.4, 0.5) is 0 Å². The van der Waals surface area contributed by atoms with Crippen LogP contribution in [0.25, 0.3) is 0 Å². The van der Waals surface area contributed by atoms with E-state index in [4.69, 9.17) is 0 Å². The maximum atomic E-state index is 3.92. The van der Waals surface area contributed by atoms with Crippen molar-refractivity contribution in [1.29, 1.82) is 0 Å². The van der Waals surface area contributed by atoms with Crippen molar-refractivity contribution >= 4 is 0 Å². The van der Waals surface area contributed by atoms with Crippen molar-refractivity contribution in [1.82, 2.24) is 10.6 Å². The Morgan fingerprint density at radius 1 is 1.00 bits per heavy atom. The molecule has 2 rings (SSSR count). The van der Waals surface area contributed by atoms with Crippen LogP contribution in [0.2, 0.25) is 0 Å². The highest BCUT2D eigenvalue weighted by atomic mass is 14.9. The third-order valence-corrected chi connectivity index (χ3v) is 5.01. The molecule has 2 N–H and O–H groups in total. The van der Waals surface area contributed by atoms with Crippen LogP contribution in [-0.2, 0) is 0 Å². The van der Waals surface area contributed by atoms with Crippen LogP contribution in [0, 0.1) is 17.3 Å². The lowest BCUT2D eigenvalue weighted by Gasteiger charge is -2.41. The molecule has 0 aromatic heterocycles. The Morgan fingerprint density at radius 3 is 2.33 bits per heavy atom. The lowest BCUT2D eigenvalue weighted by molar-refractivity contribution is 0.126. The van der Waals surface area contributed by atoms with Gasteiger partial charge in [-0.25, -0.2) is 0 Å². The summed E-state index contributed by atoms with van der Waals surface area (Å²) in [6.45, 7) is 10.9. The molecule has 2 unspecified atom stereocenters. The largest absolute Gasteiger partial charge is 0.317 e. The Morgan fingerprint density at radius 2 is 1.67 bits per heavy atom. The normalized spacial score (nSPS) is 31.5. The van der Waals surface area contributed by atoms with E-state index >= 15 is 0 Å². The van der Waals surface area contributed by atoms with E-state index < -0.39 is 0 Å². The standard InChI is InChI=1S/C16H32N2/c1-16(2,3)14-6-4-5-7-15(14)18-12-13-8-10-17-11-9-13/h13-15,17-18H,4-12H2,1-3H3. The quantitative estimate of drug-likeness (QED) is 0.806. The van der Waals surface area contributed by atoms with E-state index in [1.54, 1.807) is 0 Å². The molecule has 1 aliphatic heterocycles. The molecule has 2 fully saturated rings. The van der Waals surface area contributed by atoms with Gasteiger partial charge in [-0.15, -0.1) is 0 Å². The summed E-state index contributed by atoms with van der Waals surface area (Å²) in [7, 11) is 0. The fraction of sp³-hybridized carbons (Fsp3) is 1.00. The molecule has 18 heavy (non-hydrogen) atoms. The van der Waals surface area contributed by atoms with Gasteiger partial charge >= 0.3 is 0 Å². The van der Waals surface area contributed by atoms with E-state index in [2.05, 4.69) is 31.4 Å². The van der Waals surface area contributed by atoms with Crippen molar-refractivity contribution in [3.63, 3.8) is 0 Å². The average Bonchev–Trinajstić information content (AvgIpc) is 2.37. The topological polar surface area (TPSA) is 24.1 Å². The van der Waals surface area contributed by atoms with Gasteiger partial charge in [0.2, 0.25) is 0 Å². The number of nitrogens with one attached hydrogen (secondary N) is 2. The van der Waals surface area contributed by atoms with E-state index in [0.29, 0.717) is 5.41 Å². The summed E-state index contributed by atoms with van der Waals surface area (Å²) in [4.78, 5) is 0. The van der Waals surface area contributed by atoms with Crippen molar-refractivity contribution in [2.75, 3.05) is 19.6 Å². The van der Waals surface area contributed by atoms with Crippen molar-refractivity contribution < 1.29 is 0 Å². The molecule has 0 aromatic rings. The summed E-state index contributed by atoms with van der Waals surface area (Å²) in [5.41, 5.74) is 0.464. The summed E-state index contributed by atoms with van der Waals surface area (Å²) in [5.74, 6) is 1.78. The van der Waals surface area contributed by atoms with Crippen LogP contribution in [-0.4, -0.2) is 25.7 Å². The molecule has 0 radical (unpaired) electrons. The van der Waals surface area contributed by atoms with Gasteiger partial charge in [-0.05, 0) is 62.6 Å². The number of hydrogen-bond acceptors (Lipinski definition) is 2. The lowest BCUT2D eigenvalue weighted by Crippen LogP contribution is -2.46. The second-order valence-corrected chi connectivity index (χ2v) is 7.47. The first-order valence-corrected chi connectivity index (χ1v) is 8.01. The maximum Gasteiger partial charge on any atom is 0.0100 e. The van der Waals surface area contributed by atoms with Crippen molar-refractivity contribution in [2.24, 2.45) is 17.3 Å². The van der Waals surface area contributed by atoms with Gasteiger partial charge in [0.25, 0.3) is 0 Å². The van der Waals surface area contributed by atoms with Gasteiger partial charge in [-0.2, -0.15) is 0 Å². The molecule has 1 saturated heterocycles. The van der Waals surface area contributed by atoms with Gasteiger partial charge in [0.1, 0.15) is 0 Å². The van der Waals surface area contributed by atoms with Crippen LogP contribution in [0.5, 0.6) is 0 Å². The fourth-order valence-corrected chi connectivity index (χ4v) is 3.82. The molecule has 1 aliphatic carbocycles. The summed E-state index contributed by atoms with van der Waals surface area (Å²) in [6, 6.07) is 0.772. The zero-order chi connectivity index (χ0) is 13.0. The van der Waals surface area contributed by atoms with Crippen LogP contribution in [0.15, 0.2) is 0 Å². The third kappa shape index (κ3) is 3.96. The van der Waals surface area contributed by atoms with Crippen LogP contribution in [0.1, 0.15) is 59.3 Å². The van der Waals surface area contributed by atoms with E-state index in [1.165, 1.54) is 58.2 Å². The first-order chi connectivity index (χ1) is 8.57. The zero-order valence-corrected chi connectivity index (χ0v) is 12.6. The second-order valence-electron chi connectivity index (χ2n) is 7.47. The molecule has 106 valence electrons. The van der Waals surface area contributed by atoms with Gasteiger partial charge in [0.05, 0.1) is 0 Å². The van der Waals surface area contributed by atoms with Crippen LogP contribution >= 0.6 is 0 Å². The monoisotopic (exact) mass is 252 g/mol. The molecule has 2 nitrogen and oxygen atoms in total. The van der Waals surface area contributed by atoms with Crippen LogP contribution in [0.3, 0.4) is 0 Å². The average molecular weight is 252 g/mol. The predicted octanol–water partition coefficient (Wildman–Crippen LogP) is 3.18. The van der Waals surface area contributed by atoms with E-state index in [1.807, 2.05) is 0 Å². The number of hydrogen-bond donors (Lipinski definition) is 2. The van der Waals surface area contributed by atoms with Gasteiger partial charge in [0, 0.05) is 6.04 Å². The summed E-state index contributed by atoms with van der Waals surface area (Å²) in [5, 5.41) is 7.38. The summed E-state index contributed by atoms with van der Waals surface area (Å²) in [6.07, 6.45) is 8.41. The van der Waals surface area contributed by atoms with E-state index in [0.717, 1.165) is 17.9 Å². The highest BCUT2D eigenvalue weighted by Crippen LogP contribution is 2.38. The minimum absolute atomic E-state index is 0.464. The molecule has 0 spiro atoms. The predicted molar refractivity (Wildman–Crippen MR) is 78.8 cm³/mol. The molecule has 2 aliphatic rings. The molecule has 0 bridgehead atoms.